The van der Waals surface area contributed by atoms with Crippen LogP contribution in [-0.4, -0.2) is 12.5 Å². The van der Waals surface area contributed by atoms with Crippen molar-refractivity contribution in [3.63, 3.8) is 0 Å². The van der Waals surface area contributed by atoms with Gasteiger partial charge in [-0.05, 0) is 48.0 Å². The largest absolute Gasteiger partial charge is 0.355 e. The molecule has 3 aliphatic rings. The molecule has 0 bridgehead atoms. The van der Waals surface area contributed by atoms with Gasteiger partial charge in [-0.3, -0.25) is 4.79 Å². The van der Waals surface area contributed by atoms with Crippen LogP contribution in [0.25, 0.3) is 0 Å². The smallest absolute Gasteiger partial charge is 0.230 e. The van der Waals surface area contributed by atoms with E-state index in [1.54, 1.807) is 0 Å². The Hall–Kier alpha value is -1.57. The maximum absolute atomic E-state index is 13.0. The van der Waals surface area contributed by atoms with Gasteiger partial charge in [0.05, 0.1) is 5.41 Å². The zero-order valence-corrected chi connectivity index (χ0v) is 13.6. The number of rotatable bonds is 4. The summed E-state index contributed by atoms with van der Waals surface area (Å²) in [5.74, 6) is 0.925. The van der Waals surface area contributed by atoms with Crippen molar-refractivity contribution < 1.29 is 4.79 Å². The van der Waals surface area contributed by atoms with Crippen LogP contribution in [0.1, 0.15) is 38.7 Å². The molecule has 3 saturated carbocycles. The Morgan fingerprint density at radius 3 is 2.59 bits per heavy atom. The van der Waals surface area contributed by atoms with Crippen LogP contribution in [0.4, 0.5) is 0 Å². The summed E-state index contributed by atoms with van der Waals surface area (Å²) < 4.78 is 0. The van der Waals surface area contributed by atoms with E-state index in [4.69, 9.17) is 0 Å². The van der Waals surface area contributed by atoms with Crippen molar-refractivity contribution in [2.24, 2.45) is 22.2 Å². The maximum atomic E-state index is 13.0. The molecule has 0 aliphatic heterocycles. The minimum absolute atomic E-state index is 0.132. The van der Waals surface area contributed by atoms with Crippen molar-refractivity contribution in [2.45, 2.75) is 39.5 Å². The Bertz CT molecular complexity index is 647. The molecule has 3 atom stereocenters. The molecular weight excluding hydrogens is 270 g/mol. The fourth-order valence-corrected chi connectivity index (χ4v) is 5.50. The first-order valence-corrected chi connectivity index (χ1v) is 8.47. The van der Waals surface area contributed by atoms with Crippen molar-refractivity contribution >= 4 is 5.91 Å². The van der Waals surface area contributed by atoms with Crippen molar-refractivity contribution in [3.05, 3.63) is 48.0 Å². The average molecular weight is 295 g/mol. The number of carbonyl (C=O) groups is 1. The summed E-state index contributed by atoms with van der Waals surface area (Å²) in [7, 11) is 0. The van der Waals surface area contributed by atoms with E-state index >= 15 is 0 Å². The molecule has 3 unspecified atom stereocenters. The van der Waals surface area contributed by atoms with Gasteiger partial charge in [0.2, 0.25) is 5.91 Å². The first-order chi connectivity index (χ1) is 10.4. The molecule has 3 fully saturated rings. The molecule has 116 valence electrons. The lowest BCUT2D eigenvalue weighted by atomic mass is 9.54. The second kappa shape index (κ2) is 4.24. The fourth-order valence-electron chi connectivity index (χ4n) is 5.50. The molecule has 1 aromatic carbocycles. The number of hydrogen-bond donors (Lipinski definition) is 1. The lowest BCUT2D eigenvalue weighted by molar-refractivity contribution is -0.139. The number of amides is 1. The number of hydrogen-bond acceptors (Lipinski definition) is 1. The zero-order valence-electron chi connectivity index (χ0n) is 13.6. The lowest BCUT2D eigenvalue weighted by Gasteiger charge is -2.48. The van der Waals surface area contributed by atoms with Gasteiger partial charge in [0.1, 0.15) is 0 Å². The van der Waals surface area contributed by atoms with Gasteiger partial charge in [0, 0.05) is 6.54 Å². The second-order valence-electron chi connectivity index (χ2n) is 8.01. The van der Waals surface area contributed by atoms with Gasteiger partial charge in [0.15, 0.2) is 0 Å². The zero-order chi connectivity index (χ0) is 15.6. The number of nitrogens with one attached hydrogen (secondary N) is 1. The lowest BCUT2D eigenvalue weighted by Crippen LogP contribution is -2.53. The van der Waals surface area contributed by atoms with Crippen LogP contribution in [0.2, 0.25) is 0 Å². The summed E-state index contributed by atoms with van der Waals surface area (Å²) in [6.45, 7) is 9.65. The monoisotopic (exact) mass is 295 g/mol. The normalized spacial score (nSPS) is 37.0. The third kappa shape index (κ3) is 1.48. The summed E-state index contributed by atoms with van der Waals surface area (Å²) in [4.78, 5) is 13.0. The van der Waals surface area contributed by atoms with E-state index in [1.165, 1.54) is 24.0 Å². The van der Waals surface area contributed by atoms with E-state index in [1.807, 2.05) is 18.2 Å². The molecule has 2 heteroatoms. The van der Waals surface area contributed by atoms with Crippen LogP contribution in [0, 0.1) is 22.2 Å². The van der Waals surface area contributed by atoms with Crippen LogP contribution >= 0.6 is 0 Å². The maximum Gasteiger partial charge on any atom is 0.230 e. The molecule has 0 aromatic heterocycles. The predicted octanol–water partition coefficient (Wildman–Crippen LogP) is 3.73. The van der Waals surface area contributed by atoms with E-state index in [0.29, 0.717) is 5.92 Å². The SMILES string of the molecule is C=C1C(C)(C)C2CC23CCC13C(=O)NCCc1ccccc1. The molecule has 0 radical (unpaired) electrons. The highest BCUT2D eigenvalue weighted by Crippen LogP contribution is 2.88. The van der Waals surface area contributed by atoms with Crippen LogP contribution in [0.3, 0.4) is 0 Å². The molecule has 4 rings (SSSR count). The van der Waals surface area contributed by atoms with Crippen LogP contribution < -0.4 is 5.32 Å². The molecular formula is C20H25NO. The highest BCUT2D eigenvalue weighted by molar-refractivity contribution is 5.90. The van der Waals surface area contributed by atoms with Gasteiger partial charge in [-0.2, -0.15) is 0 Å². The van der Waals surface area contributed by atoms with Crippen LogP contribution in [0.15, 0.2) is 42.5 Å². The first-order valence-electron chi connectivity index (χ1n) is 8.47. The molecule has 1 N–H and O–H groups in total. The Labute approximate surface area is 133 Å². The van der Waals surface area contributed by atoms with E-state index < -0.39 is 0 Å². The summed E-state index contributed by atoms with van der Waals surface area (Å²) in [6, 6.07) is 10.4. The number of benzene rings is 1. The number of carbonyl (C=O) groups excluding carboxylic acids is 1. The minimum Gasteiger partial charge on any atom is -0.355 e. The van der Waals surface area contributed by atoms with E-state index in [0.717, 1.165) is 19.4 Å². The van der Waals surface area contributed by atoms with Gasteiger partial charge in [-0.15, -0.1) is 0 Å². The highest BCUT2D eigenvalue weighted by atomic mass is 16.2. The Morgan fingerprint density at radius 2 is 2.00 bits per heavy atom. The Kier molecular flexibility index (Phi) is 2.71. The standard InChI is InChI=1S/C20H25NO/c1-14-18(2,3)16-13-19(16)10-11-20(14,19)17(22)21-12-9-15-7-5-4-6-8-15/h4-8,16H,1,9-13H2,2-3H3,(H,21,22). The highest BCUT2D eigenvalue weighted by Gasteiger charge is 2.84. The van der Waals surface area contributed by atoms with Crippen molar-refractivity contribution in [1.29, 1.82) is 0 Å². The molecule has 3 aliphatic carbocycles. The molecule has 22 heavy (non-hydrogen) atoms. The molecule has 2 nitrogen and oxygen atoms in total. The fraction of sp³-hybridized carbons (Fsp3) is 0.550. The van der Waals surface area contributed by atoms with Gasteiger partial charge < -0.3 is 5.32 Å². The predicted molar refractivity (Wildman–Crippen MR) is 88.3 cm³/mol. The first kappa shape index (κ1) is 14.0. The summed E-state index contributed by atoms with van der Waals surface area (Å²) in [5, 5.41) is 3.22. The third-order valence-corrected chi connectivity index (χ3v) is 6.97. The topological polar surface area (TPSA) is 29.1 Å². The third-order valence-electron chi connectivity index (χ3n) is 6.97. The minimum atomic E-state index is -0.252. The molecule has 0 saturated heterocycles. The molecule has 0 heterocycles. The average Bonchev–Trinajstić information content (AvgIpc) is 3.24. The summed E-state index contributed by atoms with van der Waals surface area (Å²) in [5.41, 5.74) is 2.62. The van der Waals surface area contributed by atoms with E-state index in [9.17, 15) is 4.79 Å². The van der Waals surface area contributed by atoms with Crippen molar-refractivity contribution in [1.82, 2.24) is 5.32 Å². The summed E-state index contributed by atoms with van der Waals surface area (Å²) in [6.07, 6.45) is 4.34. The second-order valence-corrected chi connectivity index (χ2v) is 8.01. The Morgan fingerprint density at radius 1 is 1.27 bits per heavy atom. The molecule has 1 aromatic rings. The van der Waals surface area contributed by atoms with Crippen LogP contribution in [-0.2, 0) is 11.2 Å². The summed E-state index contributed by atoms with van der Waals surface area (Å²) >= 11 is 0. The quantitative estimate of drug-likeness (QED) is 0.843. The van der Waals surface area contributed by atoms with E-state index in [-0.39, 0.29) is 22.2 Å². The molecule has 1 amide bonds. The van der Waals surface area contributed by atoms with Gasteiger partial charge >= 0.3 is 0 Å². The van der Waals surface area contributed by atoms with Gasteiger partial charge in [0.25, 0.3) is 0 Å². The van der Waals surface area contributed by atoms with Crippen molar-refractivity contribution in [2.75, 3.05) is 6.54 Å². The molecule has 1 spiro atoms. The van der Waals surface area contributed by atoms with Crippen molar-refractivity contribution in [3.8, 4) is 0 Å². The van der Waals surface area contributed by atoms with E-state index in [2.05, 4.69) is 37.9 Å². The van der Waals surface area contributed by atoms with Gasteiger partial charge in [-0.1, -0.05) is 56.3 Å². The Balaban J connectivity index is 1.46. The van der Waals surface area contributed by atoms with Crippen LogP contribution in [0.5, 0.6) is 0 Å². The van der Waals surface area contributed by atoms with Gasteiger partial charge in [-0.25, -0.2) is 0 Å².